The van der Waals surface area contributed by atoms with E-state index < -0.39 is 0 Å². The van der Waals surface area contributed by atoms with Gasteiger partial charge in [0, 0.05) is 44.0 Å². The van der Waals surface area contributed by atoms with Crippen molar-refractivity contribution in [3.05, 3.63) is 61.1 Å². The maximum atomic E-state index is 12.3. The highest BCUT2D eigenvalue weighted by molar-refractivity contribution is 6.02. The predicted molar refractivity (Wildman–Crippen MR) is 163 cm³/mol. The molecule has 210 valence electrons. The molecule has 10 heteroatoms. The first kappa shape index (κ1) is 28.6. The molecule has 0 aliphatic heterocycles. The molecule has 0 fully saturated rings. The summed E-state index contributed by atoms with van der Waals surface area (Å²) in [6, 6.07) is 12.0. The fourth-order valence-corrected chi connectivity index (χ4v) is 4.63. The Morgan fingerprint density at radius 3 is 2.55 bits per heavy atom. The van der Waals surface area contributed by atoms with Gasteiger partial charge in [-0.25, -0.2) is 15.0 Å². The van der Waals surface area contributed by atoms with Gasteiger partial charge >= 0.3 is 0 Å². The first-order chi connectivity index (χ1) is 19.1. The van der Waals surface area contributed by atoms with Crippen LogP contribution in [0, 0.1) is 6.92 Å². The number of carbonyl (C=O) groups excluding carboxylic acids is 1. The van der Waals surface area contributed by atoms with Crippen LogP contribution >= 0.6 is 0 Å². The normalized spacial score (nSPS) is 11.2. The van der Waals surface area contributed by atoms with E-state index in [2.05, 4.69) is 56.5 Å². The number of likely N-dealkylation sites (N-methyl/N-ethyl adjacent to an activating group) is 2. The molecule has 0 atom stereocenters. The molecule has 0 bridgehead atoms. The summed E-state index contributed by atoms with van der Waals surface area (Å²) in [4.78, 5) is 30.4. The third-order valence-corrected chi connectivity index (χ3v) is 6.64. The Morgan fingerprint density at radius 1 is 1.10 bits per heavy atom. The third-order valence-electron chi connectivity index (χ3n) is 6.64. The second-order valence-corrected chi connectivity index (χ2v) is 10.2. The molecule has 0 unspecified atom stereocenters. The standard InChI is InChI=1S/C30H38N8O2/c1-9-29(39)33-24-17-25(28(40-8)18-26(24)37(7)15-14-36(5)6)35-30-31-13-12-22(34-30)21-10-11-23-27(16-21)38(19(2)3)20(4)32-23/h9-13,16-19H,1,14-15H2,2-8H3,(H,33,39)(H,31,34,35). The number of benzene rings is 2. The first-order valence-corrected chi connectivity index (χ1v) is 13.2. The van der Waals surface area contributed by atoms with E-state index in [0.717, 1.165) is 46.9 Å². The third kappa shape index (κ3) is 6.23. The van der Waals surface area contributed by atoms with Gasteiger partial charge in [-0.05, 0) is 65.2 Å². The van der Waals surface area contributed by atoms with Gasteiger partial charge in [0.25, 0.3) is 0 Å². The van der Waals surface area contributed by atoms with Crippen molar-refractivity contribution in [3.8, 4) is 17.0 Å². The van der Waals surface area contributed by atoms with Crippen LogP contribution in [0.5, 0.6) is 5.75 Å². The highest BCUT2D eigenvalue weighted by Gasteiger charge is 2.17. The number of aromatic nitrogens is 4. The summed E-state index contributed by atoms with van der Waals surface area (Å²) in [6.07, 6.45) is 2.97. The minimum Gasteiger partial charge on any atom is -0.494 e. The van der Waals surface area contributed by atoms with E-state index in [-0.39, 0.29) is 11.9 Å². The van der Waals surface area contributed by atoms with Crippen LogP contribution in [0.25, 0.3) is 22.3 Å². The van der Waals surface area contributed by atoms with E-state index in [1.165, 1.54) is 6.08 Å². The number of aryl methyl sites for hydroxylation is 1. The fourth-order valence-electron chi connectivity index (χ4n) is 4.63. The summed E-state index contributed by atoms with van der Waals surface area (Å²) >= 11 is 0. The van der Waals surface area contributed by atoms with E-state index in [0.29, 0.717) is 23.1 Å². The fraction of sp³-hybridized carbons (Fsp3) is 0.333. The van der Waals surface area contributed by atoms with Gasteiger partial charge in [0.05, 0.1) is 40.9 Å². The summed E-state index contributed by atoms with van der Waals surface area (Å²) in [6.45, 7) is 11.5. The molecular formula is C30H38N8O2. The van der Waals surface area contributed by atoms with Crippen molar-refractivity contribution in [2.24, 2.45) is 0 Å². The van der Waals surface area contributed by atoms with Crippen LogP contribution in [-0.2, 0) is 4.79 Å². The number of imidazole rings is 1. The molecular weight excluding hydrogens is 504 g/mol. The van der Waals surface area contributed by atoms with Gasteiger partial charge < -0.3 is 29.7 Å². The van der Waals surface area contributed by atoms with Crippen molar-refractivity contribution >= 4 is 40.0 Å². The topological polar surface area (TPSA) is 100 Å². The van der Waals surface area contributed by atoms with Crippen molar-refractivity contribution in [1.29, 1.82) is 0 Å². The Morgan fingerprint density at radius 2 is 1.88 bits per heavy atom. The zero-order valence-corrected chi connectivity index (χ0v) is 24.3. The molecule has 0 radical (unpaired) electrons. The predicted octanol–water partition coefficient (Wildman–Crippen LogP) is 5.26. The maximum Gasteiger partial charge on any atom is 0.247 e. The Balaban J connectivity index is 1.70. The molecule has 0 spiro atoms. The van der Waals surface area contributed by atoms with Crippen molar-refractivity contribution in [1.82, 2.24) is 24.4 Å². The molecule has 4 aromatic rings. The van der Waals surface area contributed by atoms with Gasteiger partial charge in [-0.2, -0.15) is 0 Å². The lowest BCUT2D eigenvalue weighted by Gasteiger charge is -2.26. The molecule has 2 heterocycles. The van der Waals surface area contributed by atoms with Crippen LogP contribution in [-0.4, -0.2) is 71.7 Å². The highest BCUT2D eigenvalue weighted by Crippen LogP contribution is 2.38. The number of anilines is 4. The Labute approximate surface area is 235 Å². The molecule has 1 amide bonds. The molecule has 0 aliphatic carbocycles. The zero-order chi connectivity index (χ0) is 29.0. The van der Waals surface area contributed by atoms with E-state index in [4.69, 9.17) is 14.7 Å². The van der Waals surface area contributed by atoms with Gasteiger partial charge in [-0.15, -0.1) is 0 Å². The lowest BCUT2D eigenvalue weighted by molar-refractivity contribution is -0.111. The summed E-state index contributed by atoms with van der Waals surface area (Å²) < 4.78 is 7.95. The quantitative estimate of drug-likeness (QED) is 0.248. The van der Waals surface area contributed by atoms with E-state index in [1.807, 2.05) is 58.4 Å². The van der Waals surface area contributed by atoms with Crippen LogP contribution in [0.2, 0.25) is 0 Å². The lowest BCUT2D eigenvalue weighted by Crippen LogP contribution is -2.29. The van der Waals surface area contributed by atoms with Gasteiger partial charge in [0.2, 0.25) is 11.9 Å². The molecule has 0 saturated carbocycles. The number of nitrogens with one attached hydrogen (secondary N) is 2. The van der Waals surface area contributed by atoms with E-state index in [9.17, 15) is 4.79 Å². The molecule has 2 aromatic heterocycles. The molecule has 0 aliphatic rings. The van der Waals surface area contributed by atoms with Crippen LogP contribution in [0.3, 0.4) is 0 Å². The number of fused-ring (bicyclic) bond motifs is 1. The van der Waals surface area contributed by atoms with E-state index in [1.54, 1.807) is 13.3 Å². The average molecular weight is 543 g/mol. The summed E-state index contributed by atoms with van der Waals surface area (Å²) in [7, 11) is 7.63. The van der Waals surface area contributed by atoms with Gasteiger partial charge in [-0.1, -0.05) is 12.6 Å². The summed E-state index contributed by atoms with van der Waals surface area (Å²) in [5.41, 5.74) is 5.81. The smallest absolute Gasteiger partial charge is 0.247 e. The van der Waals surface area contributed by atoms with Gasteiger partial charge in [0.15, 0.2) is 0 Å². The molecule has 2 N–H and O–H groups in total. The average Bonchev–Trinajstić information content (AvgIpc) is 3.27. The van der Waals surface area contributed by atoms with Crippen molar-refractivity contribution in [3.63, 3.8) is 0 Å². The Bertz CT molecular complexity index is 1530. The molecule has 2 aromatic carbocycles. The number of nitrogens with zero attached hydrogens (tertiary/aromatic N) is 6. The number of carbonyl (C=O) groups is 1. The second kappa shape index (κ2) is 12.2. The van der Waals surface area contributed by atoms with Gasteiger partial charge in [0.1, 0.15) is 11.6 Å². The highest BCUT2D eigenvalue weighted by atomic mass is 16.5. The molecule has 40 heavy (non-hydrogen) atoms. The van der Waals surface area contributed by atoms with Crippen molar-refractivity contribution in [2.45, 2.75) is 26.8 Å². The van der Waals surface area contributed by atoms with Crippen LogP contribution in [0.4, 0.5) is 23.0 Å². The Kier molecular flexibility index (Phi) is 8.69. The van der Waals surface area contributed by atoms with Crippen LogP contribution < -0.4 is 20.3 Å². The van der Waals surface area contributed by atoms with Gasteiger partial charge in [-0.3, -0.25) is 4.79 Å². The van der Waals surface area contributed by atoms with Crippen molar-refractivity contribution in [2.75, 3.05) is 56.9 Å². The zero-order valence-electron chi connectivity index (χ0n) is 24.3. The molecule has 0 saturated heterocycles. The first-order valence-electron chi connectivity index (χ1n) is 13.2. The second-order valence-electron chi connectivity index (χ2n) is 10.2. The SMILES string of the molecule is C=CC(=O)Nc1cc(Nc2nccc(-c3ccc4nc(C)n(C(C)C)c4c3)n2)c(OC)cc1N(C)CCN(C)C. The summed E-state index contributed by atoms with van der Waals surface area (Å²) in [5, 5.41) is 6.20. The molecule has 4 rings (SSSR count). The lowest BCUT2D eigenvalue weighted by atomic mass is 10.1. The maximum absolute atomic E-state index is 12.3. The number of methoxy groups -OCH3 is 1. The minimum absolute atomic E-state index is 0.288. The largest absolute Gasteiger partial charge is 0.494 e. The number of rotatable bonds is 11. The number of ether oxygens (including phenoxy) is 1. The van der Waals surface area contributed by atoms with Crippen LogP contribution in [0.15, 0.2) is 55.3 Å². The summed E-state index contributed by atoms with van der Waals surface area (Å²) in [5.74, 6) is 1.67. The van der Waals surface area contributed by atoms with E-state index >= 15 is 0 Å². The minimum atomic E-state index is -0.303. The monoisotopic (exact) mass is 542 g/mol. The Hall–Kier alpha value is -4.44. The number of hydrogen-bond acceptors (Lipinski definition) is 8. The van der Waals surface area contributed by atoms with Crippen molar-refractivity contribution < 1.29 is 9.53 Å². The molecule has 10 nitrogen and oxygen atoms in total. The van der Waals surface area contributed by atoms with Crippen LogP contribution in [0.1, 0.15) is 25.7 Å². The number of amides is 1. The number of hydrogen-bond donors (Lipinski definition) is 2.